The Labute approximate surface area is 178 Å². The van der Waals surface area contributed by atoms with E-state index in [1.54, 1.807) is 29.4 Å². The first kappa shape index (κ1) is 20.5. The minimum atomic E-state index is -0.581. The summed E-state index contributed by atoms with van der Waals surface area (Å²) in [7, 11) is 0. The summed E-state index contributed by atoms with van der Waals surface area (Å²) in [6.07, 6.45) is 3.03. The summed E-state index contributed by atoms with van der Waals surface area (Å²) in [6.45, 7) is 2.55. The molecule has 0 aliphatic carbocycles. The zero-order valence-electron chi connectivity index (χ0n) is 16.8. The van der Waals surface area contributed by atoms with Crippen LogP contribution in [0, 0.1) is 0 Å². The molecule has 1 aliphatic heterocycles. The Morgan fingerprint density at radius 3 is 2.55 bits per heavy atom. The van der Waals surface area contributed by atoms with Gasteiger partial charge in [-0.2, -0.15) is 0 Å². The first-order valence-corrected chi connectivity index (χ1v) is 9.89. The second-order valence-corrected chi connectivity index (χ2v) is 6.91. The third-order valence-electron chi connectivity index (χ3n) is 4.86. The van der Waals surface area contributed by atoms with Gasteiger partial charge in [0, 0.05) is 36.4 Å². The highest BCUT2D eigenvalue weighted by atomic mass is 16.6. The van der Waals surface area contributed by atoms with Gasteiger partial charge in [0.25, 0.3) is 5.91 Å². The minimum absolute atomic E-state index is 0.158. The van der Waals surface area contributed by atoms with Crippen molar-refractivity contribution >= 4 is 22.9 Å². The highest BCUT2D eigenvalue weighted by Crippen LogP contribution is 2.28. The van der Waals surface area contributed by atoms with Gasteiger partial charge in [0.1, 0.15) is 24.7 Å². The lowest BCUT2D eigenvalue weighted by atomic mass is 10.0. The molecule has 2 N–H and O–H groups in total. The number of primary amides is 1. The smallest absolute Gasteiger partial charge is 0.410 e. The van der Waals surface area contributed by atoms with Crippen molar-refractivity contribution < 1.29 is 23.8 Å². The van der Waals surface area contributed by atoms with Crippen molar-refractivity contribution in [2.24, 2.45) is 5.73 Å². The lowest BCUT2D eigenvalue weighted by Gasteiger charge is -2.25. The molecular weight excluding hydrogens is 400 g/mol. The zero-order chi connectivity index (χ0) is 21.6. The number of nitrogens with two attached hydrogens (primary N) is 1. The summed E-state index contributed by atoms with van der Waals surface area (Å²) in [5, 5.41) is 0.810. The van der Waals surface area contributed by atoms with Crippen molar-refractivity contribution in [2.75, 3.05) is 39.5 Å². The Balaban J connectivity index is 1.38. The number of rotatable bonds is 6. The van der Waals surface area contributed by atoms with Gasteiger partial charge < -0.3 is 24.8 Å². The van der Waals surface area contributed by atoms with Crippen LogP contribution in [-0.4, -0.2) is 66.4 Å². The van der Waals surface area contributed by atoms with Crippen LogP contribution in [0.25, 0.3) is 22.0 Å². The lowest BCUT2D eigenvalue weighted by Crippen LogP contribution is -2.41. The maximum Gasteiger partial charge on any atom is 0.410 e. The first-order valence-electron chi connectivity index (χ1n) is 9.89. The van der Waals surface area contributed by atoms with Gasteiger partial charge in [0.05, 0.1) is 18.7 Å². The van der Waals surface area contributed by atoms with Crippen LogP contribution in [0.15, 0.2) is 48.8 Å². The first-order chi connectivity index (χ1) is 15.1. The van der Waals surface area contributed by atoms with Crippen LogP contribution >= 0.6 is 0 Å². The van der Waals surface area contributed by atoms with Crippen molar-refractivity contribution in [1.29, 1.82) is 0 Å². The molecule has 1 fully saturated rings. The van der Waals surface area contributed by atoms with E-state index in [2.05, 4.69) is 9.97 Å². The Hall–Kier alpha value is -3.72. The minimum Gasteiger partial charge on any atom is -0.490 e. The monoisotopic (exact) mass is 422 g/mol. The Morgan fingerprint density at radius 2 is 1.81 bits per heavy atom. The summed E-state index contributed by atoms with van der Waals surface area (Å²) in [5.74, 6) is 0.0629. The Morgan fingerprint density at radius 1 is 1.03 bits per heavy atom. The molecule has 2 aromatic heterocycles. The normalized spacial score (nSPS) is 13.7. The van der Waals surface area contributed by atoms with E-state index < -0.39 is 5.91 Å². The second kappa shape index (κ2) is 9.40. The van der Waals surface area contributed by atoms with Gasteiger partial charge in [-0.15, -0.1) is 0 Å². The summed E-state index contributed by atoms with van der Waals surface area (Å²) in [4.78, 5) is 33.7. The number of aromatic nitrogens is 2. The molecule has 31 heavy (non-hydrogen) atoms. The van der Waals surface area contributed by atoms with Gasteiger partial charge in [-0.25, -0.2) is 9.78 Å². The fraction of sp³-hybridized carbons (Fsp3) is 0.273. The summed E-state index contributed by atoms with van der Waals surface area (Å²) >= 11 is 0. The topological polar surface area (TPSA) is 117 Å². The van der Waals surface area contributed by atoms with Gasteiger partial charge in [-0.05, 0) is 29.8 Å². The number of carbonyl (C=O) groups is 2. The largest absolute Gasteiger partial charge is 0.490 e. The van der Waals surface area contributed by atoms with E-state index >= 15 is 0 Å². The van der Waals surface area contributed by atoms with E-state index in [4.69, 9.17) is 19.9 Å². The molecule has 3 heterocycles. The zero-order valence-corrected chi connectivity index (χ0v) is 16.8. The molecular formula is C22H22N4O5. The van der Waals surface area contributed by atoms with Crippen LogP contribution in [0.1, 0.15) is 10.5 Å². The maximum atomic E-state index is 11.9. The molecule has 0 bridgehead atoms. The number of morpholine rings is 1. The van der Waals surface area contributed by atoms with Crippen LogP contribution in [0.4, 0.5) is 4.79 Å². The van der Waals surface area contributed by atoms with E-state index in [0.29, 0.717) is 37.6 Å². The molecule has 0 unspecified atom stereocenters. The molecule has 0 atom stereocenters. The van der Waals surface area contributed by atoms with Crippen molar-refractivity contribution in [2.45, 2.75) is 0 Å². The third kappa shape index (κ3) is 4.89. The number of carbonyl (C=O) groups excluding carboxylic acids is 2. The molecule has 2 amide bonds. The predicted octanol–water partition coefficient (Wildman–Crippen LogP) is 2.24. The molecule has 3 aromatic rings. The average molecular weight is 422 g/mol. The second-order valence-electron chi connectivity index (χ2n) is 6.91. The van der Waals surface area contributed by atoms with Crippen molar-refractivity contribution in [3.05, 3.63) is 54.5 Å². The fourth-order valence-electron chi connectivity index (χ4n) is 3.25. The maximum absolute atomic E-state index is 11.9. The summed E-state index contributed by atoms with van der Waals surface area (Å²) in [6, 6.07) is 10.7. The van der Waals surface area contributed by atoms with Gasteiger partial charge in [-0.1, -0.05) is 12.1 Å². The van der Waals surface area contributed by atoms with Gasteiger partial charge >= 0.3 is 6.09 Å². The number of ether oxygens (including phenoxy) is 3. The van der Waals surface area contributed by atoms with Crippen LogP contribution in [-0.2, 0) is 9.47 Å². The number of pyridine rings is 2. The molecule has 1 saturated heterocycles. The number of benzene rings is 1. The van der Waals surface area contributed by atoms with Crippen LogP contribution in [0.5, 0.6) is 5.75 Å². The molecule has 0 radical (unpaired) electrons. The highest BCUT2D eigenvalue weighted by Gasteiger charge is 2.17. The van der Waals surface area contributed by atoms with E-state index in [1.807, 2.05) is 24.3 Å². The summed E-state index contributed by atoms with van der Waals surface area (Å²) in [5.41, 5.74) is 7.87. The van der Waals surface area contributed by atoms with E-state index in [1.165, 1.54) is 0 Å². The third-order valence-corrected chi connectivity index (χ3v) is 4.86. The predicted molar refractivity (Wildman–Crippen MR) is 113 cm³/mol. The van der Waals surface area contributed by atoms with Crippen molar-refractivity contribution in [1.82, 2.24) is 14.9 Å². The summed E-state index contributed by atoms with van der Waals surface area (Å²) < 4.78 is 16.1. The molecule has 4 rings (SSSR count). The van der Waals surface area contributed by atoms with Crippen LogP contribution in [0.3, 0.4) is 0 Å². The lowest BCUT2D eigenvalue weighted by molar-refractivity contribution is 0.0239. The Bertz CT molecular complexity index is 1080. The van der Waals surface area contributed by atoms with Crippen LogP contribution < -0.4 is 10.5 Å². The molecule has 0 spiro atoms. The SMILES string of the molecule is NC(=O)c1ccc2cncc(-c3ccc(OCCOC(=O)N4CCOCC4)cc3)c2n1. The van der Waals surface area contributed by atoms with E-state index in [-0.39, 0.29) is 25.0 Å². The Kier molecular flexibility index (Phi) is 6.23. The molecule has 1 aliphatic rings. The van der Waals surface area contributed by atoms with Crippen LogP contribution in [0.2, 0.25) is 0 Å². The van der Waals surface area contributed by atoms with Gasteiger partial charge in [0.2, 0.25) is 0 Å². The fourth-order valence-corrected chi connectivity index (χ4v) is 3.25. The number of hydrogen-bond donors (Lipinski definition) is 1. The van der Waals surface area contributed by atoms with E-state index in [9.17, 15) is 9.59 Å². The molecule has 9 heteroatoms. The van der Waals surface area contributed by atoms with Crippen molar-refractivity contribution in [3.63, 3.8) is 0 Å². The van der Waals surface area contributed by atoms with E-state index in [0.717, 1.165) is 16.5 Å². The van der Waals surface area contributed by atoms with Crippen molar-refractivity contribution in [3.8, 4) is 16.9 Å². The standard InChI is InChI=1S/C22H22N4O5/c23-21(27)19-6-3-16-13-24-14-18(20(16)25-19)15-1-4-17(5-2-15)30-11-12-31-22(28)26-7-9-29-10-8-26/h1-6,13-14H,7-12H2,(H2,23,27). The molecule has 0 saturated carbocycles. The quantitative estimate of drug-likeness (QED) is 0.606. The number of hydrogen-bond acceptors (Lipinski definition) is 7. The molecule has 160 valence electrons. The molecule has 9 nitrogen and oxygen atoms in total. The van der Waals surface area contributed by atoms with Gasteiger partial charge in [0.15, 0.2) is 0 Å². The van der Waals surface area contributed by atoms with Gasteiger partial charge in [-0.3, -0.25) is 9.78 Å². The highest BCUT2D eigenvalue weighted by molar-refractivity contribution is 5.97. The number of amides is 2. The number of fused-ring (bicyclic) bond motifs is 1. The average Bonchev–Trinajstić information content (AvgIpc) is 2.82. The molecule has 1 aromatic carbocycles. The number of nitrogens with zero attached hydrogens (tertiary/aromatic N) is 3.